The van der Waals surface area contributed by atoms with E-state index in [-0.39, 0.29) is 5.92 Å². The average Bonchev–Trinajstić information content (AvgIpc) is 1.88. The second kappa shape index (κ2) is 1.62. The number of carboxylic acids is 1. The predicted molar refractivity (Wildman–Crippen MR) is 38.9 cm³/mol. The van der Waals surface area contributed by atoms with Crippen LogP contribution in [0.15, 0.2) is 0 Å². The number of carboxylic acid groups (broad SMARTS) is 1. The molecule has 0 bridgehead atoms. The van der Waals surface area contributed by atoms with Crippen LogP contribution in [0.4, 0.5) is 0 Å². The molecule has 3 aliphatic rings. The van der Waals surface area contributed by atoms with Gasteiger partial charge in [0.2, 0.25) is 0 Å². The summed E-state index contributed by atoms with van der Waals surface area (Å²) in [6, 6.07) is 0. The van der Waals surface area contributed by atoms with Gasteiger partial charge in [0.25, 0.3) is 0 Å². The lowest BCUT2D eigenvalue weighted by Crippen LogP contribution is -2.64. The van der Waals surface area contributed by atoms with Crippen molar-refractivity contribution in [1.82, 2.24) is 0 Å². The quantitative estimate of drug-likeness (QED) is 0.616. The first-order chi connectivity index (χ1) is 5.29. The molecule has 3 saturated carbocycles. The second-order valence-corrected chi connectivity index (χ2v) is 4.33. The molecular formula is C9H12O2. The van der Waals surface area contributed by atoms with E-state index in [9.17, 15) is 4.79 Å². The Bertz CT molecular complexity index is 218. The maximum atomic E-state index is 10.6. The van der Waals surface area contributed by atoms with Crippen LogP contribution in [-0.4, -0.2) is 11.1 Å². The third-order valence-electron chi connectivity index (χ3n) is 4.23. The number of carbonyl (C=O) groups is 1. The summed E-state index contributed by atoms with van der Waals surface area (Å²) in [6.07, 6.45) is 3.69. The molecule has 0 aromatic carbocycles. The van der Waals surface area contributed by atoms with E-state index in [1.807, 2.05) is 0 Å². The molecule has 0 unspecified atom stereocenters. The zero-order chi connectivity index (χ0) is 7.59. The average molecular weight is 152 g/mol. The van der Waals surface area contributed by atoms with E-state index in [2.05, 4.69) is 0 Å². The highest BCUT2D eigenvalue weighted by Crippen LogP contribution is 2.69. The topological polar surface area (TPSA) is 37.3 Å². The molecule has 0 amide bonds. The maximum absolute atomic E-state index is 10.6. The van der Waals surface area contributed by atoms with Crippen LogP contribution < -0.4 is 0 Å². The van der Waals surface area contributed by atoms with Gasteiger partial charge in [0.1, 0.15) is 0 Å². The van der Waals surface area contributed by atoms with Gasteiger partial charge in [0, 0.05) is 0 Å². The molecule has 11 heavy (non-hydrogen) atoms. The molecule has 0 saturated heterocycles. The lowest BCUT2D eigenvalue weighted by atomic mass is 9.36. The summed E-state index contributed by atoms with van der Waals surface area (Å²) in [5.74, 6) is 2.71. The van der Waals surface area contributed by atoms with Crippen molar-refractivity contribution in [1.29, 1.82) is 0 Å². The molecule has 0 aliphatic heterocycles. The van der Waals surface area contributed by atoms with Crippen LogP contribution in [0.5, 0.6) is 0 Å². The molecule has 0 heterocycles. The molecule has 2 heteroatoms. The molecule has 2 nitrogen and oxygen atoms in total. The van der Waals surface area contributed by atoms with Crippen LogP contribution in [-0.2, 0) is 4.79 Å². The number of rotatable bonds is 1. The fourth-order valence-corrected chi connectivity index (χ4v) is 3.47. The Labute approximate surface area is 65.6 Å². The minimum atomic E-state index is -0.545. The van der Waals surface area contributed by atoms with Crippen molar-refractivity contribution in [2.75, 3.05) is 0 Å². The zero-order valence-electron chi connectivity index (χ0n) is 6.36. The Hall–Kier alpha value is -0.530. The summed E-state index contributed by atoms with van der Waals surface area (Å²) in [5, 5.41) is 8.78. The van der Waals surface area contributed by atoms with Crippen LogP contribution >= 0.6 is 0 Å². The van der Waals surface area contributed by atoms with Crippen LogP contribution in [0, 0.1) is 29.6 Å². The highest BCUT2D eigenvalue weighted by atomic mass is 16.4. The monoisotopic (exact) mass is 152 g/mol. The van der Waals surface area contributed by atoms with E-state index in [0.717, 1.165) is 24.2 Å². The summed E-state index contributed by atoms with van der Waals surface area (Å²) >= 11 is 0. The number of fused-ring (bicyclic) bond motifs is 4. The molecular weight excluding hydrogens is 140 g/mol. The minimum Gasteiger partial charge on any atom is -0.481 e. The first-order valence-electron chi connectivity index (χ1n) is 4.52. The van der Waals surface area contributed by atoms with Crippen LogP contribution in [0.25, 0.3) is 0 Å². The highest BCUT2D eigenvalue weighted by Gasteiger charge is 2.65. The third-order valence-corrected chi connectivity index (χ3v) is 4.23. The maximum Gasteiger partial charge on any atom is 0.306 e. The smallest absolute Gasteiger partial charge is 0.306 e. The largest absolute Gasteiger partial charge is 0.481 e. The van der Waals surface area contributed by atoms with Crippen molar-refractivity contribution >= 4 is 5.97 Å². The zero-order valence-corrected chi connectivity index (χ0v) is 6.36. The van der Waals surface area contributed by atoms with Crippen LogP contribution in [0.3, 0.4) is 0 Å². The van der Waals surface area contributed by atoms with E-state index in [4.69, 9.17) is 5.11 Å². The first kappa shape index (κ1) is 6.04. The lowest BCUT2D eigenvalue weighted by Gasteiger charge is -2.68. The fourth-order valence-electron chi connectivity index (χ4n) is 3.47. The Morgan fingerprint density at radius 2 is 1.91 bits per heavy atom. The highest BCUT2D eigenvalue weighted by molar-refractivity contribution is 5.72. The lowest BCUT2D eigenvalue weighted by molar-refractivity contribution is -0.215. The summed E-state index contributed by atoms with van der Waals surface area (Å²) in [6.45, 7) is 0. The van der Waals surface area contributed by atoms with Crippen LogP contribution in [0.2, 0.25) is 0 Å². The van der Waals surface area contributed by atoms with Gasteiger partial charge in [-0.1, -0.05) is 0 Å². The summed E-state index contributed by atoms with van der Waals surface area (Å²) in [4.78, 5) is 10.6. The van der Waals surface area contributed by atoms with Crippen LogP contribution in [0.1, 0.15) is 19.3 Å². The van der Waals surface area contributed by atoms with E-state index < -0.39 is 5.97 Å². The molecule has 3 fully saturated rings. The van der Waals surface area contributed by atoms with Gasteiger partial charge in [-0.15, -0.1) is 0 Å². The van der Waals surface area contributed by atoms with E-state index in [1.54, 1.807) is 0 Å². The number of aliphatic carboxylic acids is 1. The molecule has 0 spiro atoms. The van der Waals surface area contributed by atoms with Crippen molar-refractivity contribution < 1.29 is 9.90 Å². The van der Waals surface area contributed by atoms with Gasteiger partial charge in [0.05, 0.1) is 5.92 Å². The normalized spacial score (nSPS) is 57.6. The first-order valence-corrected chi connectivity index (χ1v) is 4.52. The molecule has 3 aliphatic carbocycles. The Balaban J connectivity index is 1.75. The van der Waals surface area contributed by atoms with Gasteiger partial charge < -0.3 is 5.11 Å². The SMILES string of the molecule is O=C(O)[C@H]1C[C@@H]2[C@H]3CC[C@H]3[C@@H]21. The van der Waals surface area contributed by atoms with E-state index >= 15 is 0 Å². The summed E-state index contributed by atoms with van der Waals surface area (Å²) in [7, 11) is 0. The summed E-state index contributed by atoms with van der Waals surface area (Å²) < 4.78 is 0. The number of hydrogen-bond donors (Lipinski definition) is 1. The van der Waals surface area contributed by atoms with Gasteiger partial charge in [-0.05, 0) is 42.9 Å². The standard InChI is InChI=1S/C9H12O2/c10-9(11)7-3-6-4-1-2-5(4)8(6)7/h4-8H,1-3H2,(H,10,11)/t4-,5+,6+,7-,8-/m0/s1. The third kappa shape index (κ3) is 0.501. The summed E-state index contributed by atoms with van der Waals surface area (Å²) in [5.41, 5.74) is 0. The fraction of sp³-hybridized carbons (Fsp3) is 0.889. The second-order valence-electron chi connectivity index (χ2n) is 4.33. The minimum absolute atomic E-state index is 0.0431. The van der Waals surface area contributed by atoms with Crippen molar-refractivity contribution in [3.05, 3.63) is 0 Å². The van der Waals surface area contributed by atoms with Crippen molar-refractivity contribution in [3.8, 4) is 0 Å². The molecule has 0 aromatic rings. The van der Waals surface area contributed by atoms with Gasteiger partial charge in [-0.25, -0.2) is 0 Å². The predicted octanol–water partition coefficient (Wildman–Crippen LogP) is 1.36. The molecule has 1 N–H and O–H groups in total. The van der Waals surface area contributed by atoms with Crippen molar-refractivity contribution in [3.63, 3.8) is 0 Å². The molecule has 0 aromatic heterocycles. The molecule has 60 valence electrons. The van der Waals surface area contributed by atoms with Gasteiger partial charge in [0.15, 0.2) is 0 Å². The number of hydrogen-bond acceptors (Lipinski definition) is 1. The Kier molecular flexibility index (Phi) is 0.890. The van der Waals surface area contributed by atoms with E-state index in [0.29, 0.717) is 5.92 Å². The molecule has 0 radical (unpaired) electrons. The van der Waals surface area contributed by atoms with Crippen molar-refractivity contribution in [2.45, 2.75) is 19.3 Å². The van der Waals surface area contributed by atoms with Gasteiger partial charge >= 0.3 is 5.97 Å². The van der Waals surface area contributed by atoms with Gasteiger partial charge in [-0.3, -0.25) is 4.79 Å². The van der Waals surface area contributed by atoms with Gasteiger partial charge in [-0.2, -0.15) is 0 Å². The Morgan fingerprint density at radius 3 is 2.36 bits per heavy atom. The van der Waals surface area contributed by atoms with Crippen molar-refractivity contribution in [2.24, 2.45) is 29.6 Å². The molecule has 3 rings (SSSR count). The van der Waals surface area contributed by atoms with E-state index in [1.165, 1.54) is 12.8 Å². The molecule has 5 atom stereocenters. The Morgan fingerprint density at radius 1 is 1.18 bits per heavy atom.